The SMILES string of the molecule is Cc1cc(Br)cc(NC(=O)c2cc(C)ccc2Br)c1. The maximum Gasteiger partial charge on any atom is 0.256 e. The van der Waals surface area contributed by atoms with E-state index in [1.807, 2.05) is 50.2 Å². The number of amides is 1. The van der Waals surface area contributed by atoms with Gasteiger partial charge in [-0.25, -0.2) is 0 Å². The predicted octanol–water partition coefficient (Wildman–Crippen LogP) is 5.08. The van der Waals surface area contributed by atoms with Crippen molar-refractivity contribution in [1.82, 2.24) is 0 Å². The zero-order valence-electron chi connectivity index (χ0n) is 10.6. The second kappa shape index (κ2) is 5.88. The first-order valence-electron chi connectivity index (χ1n) is 5.80. The predicted molar refractivity (Wildman–Crippen MR) is 85.7 cm³/mol. The largest absolute Gasteiger partial charge is 0.322 e. The van der Waals surface area contributed by atoms with Crippen molar-refractivity contribution in [3.63, 3.8) is 0 Å². The molecule has 2 nitrogen and oxygen atoms in total. The first-order chi connectivity index (χ1) is 8.95. The molecule has 0 saturated carbocycles. The molecule has 0 aromatic heterocycles. The number of nitrogens with one attached hydrogen (secondary N) is 1. The van der Waals surface area contributed by atoms with Gasteiger partial charge in [0.15, 0.2) is 0 Å². The number of hydrogen-bond donors (Lipinski definition) is 1. The third-order valence-electron chi connectivity index (χ3n) is 2.67. The Bertz CT molecular complexity index is 618. The average molecular weight is 383 g/mol. The molecule has 19 heavy (non-hydrogen) atoms. The Kier molecular flexibility index (Phi) is 4.42. The fourth-order valence-corrected chi connectivity index (χ4v) is 2.85. The molecular formula is C15H13Br2NO. The van der Waals surface area contributed by atoms with Crippen LogP contribution >= 0.6 is 31.9 Å². The molecule has 2 aromatic carbocycles. The van der Waals surface area contributed by atoms with Crippen LogP contribution in [0, 0.1) is 13.8 Å². The van der Waals surface area contributed by atoms with Crippen molar-refractivity contribution in [2.45, 2.75) is 13.8 Å². The van der Waals surface area contributed by atoms with Crippen LogP contribution < -0.4 is 5.32 Å². The number of anilines is 1. The van der Waals surface area contributed by atoms with Crippen molar-refractivity contribution < 1.29 is 4.79 Å². The lowest BCUT2D eigenvalue weighted by molar-refractivity contribution is 0.102. The zero-order chi connectivity index (χ0) is 14.0. The van der Waals surface area contributed by atoms with Crippen LogP contribution in [0.25, 0.3) is 0 Å². The Morgan fingerprint density at radius 2 is 1.74 bits per heavy atom. The number of rotatable bonds is 2. The number of carbonyl (C=O) groups excluding carboxylic acids is 1. The molecule has 0 bridgehead atoms. The van der Waals surface area contributed by atoms with Gasteiger partial charge < -0.3 is 5.32 Å². The van der Waals surface area contributed by atoms with E-state index >= 15 is 0 Å². The lowest BCUT2D eigenvalue weighted by atomic mass is 10.1. The molecule has 2 aromatic rings. The highest BCUT2D eigenvalue weighted by atomic mass is 79.9. The van der Waals surface area contributed by atoms with E-state index in [2.05, 4.69) is 37.2 Å². The normalized spacial score (nSPS) is 10.3. The van der Waals surface area contributed by atoms with Crippen LogP contribution in [0.4, 0.5) is 5.69 Å². The van der Waals surface area contributed by atoms with Gasteiger partial charge in [-0.1, -0.05) is 27.6 Å². The standard InChI is InChI=1S/C15H13Br2NO/c1-9-3-4-14(17)13(7-9)15(19)18-12-6-10(2)5-11(16)8-12/h3-8H,1-2H3,(H,18,19). The van der Waals surface area contributed by atoms with Crippen LogP contribution in [-0.4, -0.2) is 5.91 Å². The second-order valence-electron chi connectivity index (χ2n) is 4.45. The van der Waals surface area contributed by atoms with Gasteiger partial charge in [0.05, 0.1) is 5.56 Å². The van der Waals surface area contributed by atoms with E-state index in [0.717, 1.165) is 25.8 Å². The van der Waals surface area contributed by atoms with E-state index in [-0.39, 0.29) is 5.91 Å². The summed E-state index contributed by atoms with van der Waals surface area (Å²) in [5.41, 5.74) is 3.56. The topological polar surface area (TPSA) is 29.1 Å². The molecule has 98 valence electrons. The van der Waals surface area contributed by atoms with Crippen molar-refractivity contribution in [2.75, 3.05) is 5.32 Å². The summed E-state index contributed by atoms with van der Waals surface area (Å²) in [7, 11) is 0. The lowest BCUT2D eigenvalue weighted by Crippen LogP contribution is -2.12. The molecule has 0 spiro atoms. The number of carbonyl (C=O) groups is 1. The van der Waals surface area contributed by atoms with E-state index in [1.54, 1.807) is 0 Å². The highest BCUT2D eigenvalue weighted by Gasteiger charge is 2.10. The second-order valence-corrected chi connectivity index (χ2v) is 6.22. The van der Waals surface area contributed by atoms with Crippen LogP contribution in [0.1, 0.15) is 21.5 Å². The van der Waals surface area contributed by atoms with Gasteiger partial charge in [0.25, 0.3) is 5.91 Å². The highest BCUT2D eigenvalue weighted by Crippen LogP contribution is 2.22. The minimum absolute atomic E-state index is 0.118. The Morgan fingerprint density at radius 1 is 1.00 bits per heavy atom. The van der Waals surface area contributed by atoms with Crippen LogP contribution in [0.15, 0.2) is 45.3 Å². The molecule has 1 N–H and O–H groups in total. The van der Waals surface area contributed by atoms with E-state index in [9.17, 15) is 4.79 Å². The van der Waals surface area contributed by atoms with Gasteiger partial charge >= 0.3 is 0 Å². The van der Waals surface area contributed by atoms with Gasteiger partial charge in [0.1, 0.15) is 0 Å². The summed E-state index contributed by atoms with van der Waals surface area (Å²) in [6.45, 7) is 3.95. The highest BCUT2D eigenvalue weighted by molar-refractivity contribution is 9.10. The van der Waals surface area contributed by atoms with Gasteiger partial charge in [-0.2, -0.15) is 0 Å². The quantitative estimate of drug-likeness (QED) is 0.770. The number of aryl methyl sites for hydroxylation is 2. The Balaban J connectivity index is 2.28. The molecule has 0 aliphatic carbocycles. The number of hydrogen-bond acceptors (Lipinski definition) is 1. The van der Waals surface area contributed by atoms with Crippen LogP contribution in [-0.2, 0) is 0 Å². The number of benzene rings is 2. The van der Waals surface area contributed by atoms with Crippen LogP contribution in [0.2, 0.25) is 0 Å². The maximum absolute atomic E-state index is 12.3. The van der Waals surface area contributed by atoms with Gasteiger partial charge in [-0.05, 0) is 65.7 Å². The fraction of sp³-hybridized carbons (Fsp3) is 0.133. The van der Waals surface area contributed by atoms with E-state index in [4.69, 9.17) is 0 Å². The van der Waals surface area contributed by atoms with Crippen molar-refractivity contribution >= 4 is 43.5 Å². The van der Waals surface area contributed by atoms with Crippen LogP contribution in [0.5, 0.6) is 0 Å². The monoisotopic (exact) mass is 381 g/mol. The first-order valence-corrected chi connectivity index (χ1v) is 7.39. The maximum atomic E-state index is 12.3. The molecule has 4 heteroatoms. The molecule has 2 rings (SSSR count). The summed E-state index contributed by atoms with van der Waals surface area (Å²) in [5.74, 6) is -0.118. The third kappa shape index (κ3) is 3.67. The Labute approximate surface area is 129 Å². The minimum Gasteiger partial charge on any atom is -0.322 e. The van der Waals surface area contributed by atoms with Gasteiger partial charge in [0, 0.05) is 14.6 Å². The van der Waals surface area contributed by atoms with E-state index < -0.39 is 0 Å². The van der Waals surface area contributed by atoms with Gasteiger partial charge in [-0.3, -0.25) is 4.79 Å². The smallest absolute Gasteiger partial charge is 0.256 e. The Morgan fingerprint density at radius 3 is 2.42 bits per heavy atom. The summed E-state index contributed by atoms with van der Waals surface area (Å²) in [5, 5.41) is 2.91. The Hall–Kier alpha value is -1.13. The van der Waals surface area contributed by atoms with Crippen molar-refractivity contribution in [3.8, 4) is 0 Å². The van der Waals surface area contributed by atoms with E-state index in [1.165, 1.54) is 0 Å². The molecule has 0 saturated heterocycles. The molecule has 0 aliphatic heterocycles. The summed E-state index contributed by atoms with van der Waals surface area (Å²) < 4.78 is 1.74. The number of halogens is 2. The molecular weight excluding hydrogens is 370 g/mol. The summed E-state index contributed by atoms with van der Waals surface area (Å²) in [4.78, 5) is 12.3. The van der Waals surface area contributed by atoms with Crippen LogP contribution in [0.3, 0.4) is 0 Å². The fourth-order valence-electron chi connectivity index (χ4n) is 1.82. The summed E-state index contributed by atoms with van der Waals surface area (Å²) in [6.07, 6.45) is 0. The molecule has 0 radical (unpaired) electrons. The van der Waals surface area contributed by atoms with Gasteiger partial charge in [0.2, 0.25) is 0 Å². The summed E-state index contributed by atoms with van der Waals surface area (Å²) >= 11 is 6.83. The first kappa shape index (κ1) is 14.3. The lowest BCUT2D eigenvalue weighted by Gasteiger charge is -2.09. The van der Waals surface area contributed by atoms with Crippen molar-refractivity contribution in [3.05, 3.63) is 62.0 Å². The minimum atomic E-state index is -0.118. The molecule has 0 heterocycles. The molecule has 0 unspecified atom stereocenters. The average Bonchev–Trinajstić information content (AvgIpc) is 2.30. The van der Waals surface area contributed by atoms with Crippen molar-refractivity contribution in [2.24, 2.45) is 0 Å². The molecule has 0 aliphatic rings. The van der Waals surface area contributed by atoms with Gasteiger partial charge in [-0.15, -0.1) is 0 Å². The molecule has 1 amide bonds. The zero-order valence-corrected chi connectivity index (χ0v) is 13.8. The van der Waals surface area contributed by atoms with Crippen molar-refractivity contribution in [1.29, 1.82) is 0 Å². The third-order valence-corrected chi connectivity index (χ3v) is 3.82. The summed E-state index contributed by atoms with van der Waals surface area (Å²) in [6, 6.07) is 11.5. The molecule has 0 atom stereocenters. The van der Waals surface area contributed by atoms with E-state index in [0.29, 0.717) is 5.56 Å². The molecule has 0 fully saturated rings.